The first-order valence-corrected chi connectivity index (χ1v) is 6.87. The summed E-state index contributed by atoms with van der Waals surface area (Å²) in [5.41, 5.74) is 0. The zero-order valence-electron chi connectivity index (χ0n) is 10.7. The number of ether oxygens (including phenoxy) is 1. The molecular weight excluding hydrogens is 232 g/mol. The molecule has 5 heteroatoms. The van der Waals surface area contributed by atoms with E-state index in [9.17, 15) is 9.59 Å². The first kappa shape index (κ1) is 12.0. The monoisotopic (exact) mass is 252 g/mol. The molecular formula is C13H20N2O3. The van der Waals surface area contributed by atoms with Crippen molar-refractivity contribution in [2.45, 2.75) is 50.9 Å². The molecule has 3 rings (SSSR count). The first-order chi connectivity index (χ1) is 8.63. The number of nitrogens with zero attached hydrogens (tertiary/aromatic N) is 1. The number of piperazine rings is 1. The van der Waals surface area contributed by atoms with Crippen LogP contribution in [0.5, 0.6) is 0 Å². The highest BCUT2D eigenvalue weighted by Crippen LogP contribution is 2.34. The van der Waals surface area contributed by atoms with Gasteiger partial charge < -0.3 is 15.0 Å². The first-order valence-electron chi connectivity index (χ1n) is 6.87. The van der Waals surface area contributed by atoms with Gasteiger partial charge in [-0.3, -0.25) is 9.59 Å². The molecule has 2 amide bonds. The molecule has 2 saturated heterocycles. The van der Waals surface area contributed by atoms with Crippen LogP contribution in [-0.2, 0) is 14.3 Å². The van der Waals surface area contributed by atoms with E-state index in [1.165, 1.54) is 0 Å². The van der Waals surface area contributed by atoms with E-state index in [4.69, 9.17) is 4.74 Å². The smallest absolute Gasteiger partial charge is 0.245 e. The summed E-state index contributed by atoms with van der Waals surface area (Å²) in [4.78, 5) is 25.6. The molecule has 0 bridgehead atoms. The lowest BCUT2D eigenvalue weighted by molar-refractivity contribution is -0.146. The molecule has 100 valence electrons. The summed E-state index contributed by atoms with van der Waals surface area (Å²) < 4.78 is 5.73. The van der Waals surface area contributed by atoms with Gasteiger partial charge in [0.15, 0.2) is 0 Å². The summed E-state index contributed by atoms with van der Waals surface area (Å²) in [5, 5.41) is 2.82. The van der Waals surface area contributed by atoms with Crippen LogP contribution in [0, 0.1) is 5.92 Å². The van der Waals surface area contributed by atoms with Crippen molar-refractivity contribution in [1.29, 1.82) is 0 Å². The second kappa shape index (κ2) is 4.53. The molecule has 3 aliphatic rings. The van der Waals surface area contributed by atoms with Gasteiger partial charge in [-0.05, 0) is 38.5 Å². The minimum absolute atomic E-state index is 0.0301. The maximum absolute atomic E-state index is 12.3. The minimum atomic E-state index is -0.273. The molecule has 0 aromatic rings. The summed E-state index contributed by atoms with van der Waals surface area (Å²) in [6.45, 7) is 2.81. The zero-order valence-corrected chi connectivity index (χ0v) is 10.7. The van der Waals surface area contributed by atoms with E-state index in [0.717, 1.165) is 25.7 Å². The molecule has 2 heterocycles. The largest absolute Gasteiger partial charge is 0.373 e. The van der Waals surface area contributed by atoms with Gasteiger partial charge in [-0.25, -0.2) is 0 Å². The van der Waals surface area contributed by atoms with Crippen molar-refractivity contribution in [3.63, 3.8) is 0 Å². The molecule has 1 N–H and O–H groups in total. The Bertz CT molecular complexity index is 367. The van der Waals surface area contributed by atoms with Gasteiger partial charge in [0.2, 0.25) is 11.8 Å². The van der Waals surface area contributed by atoms with Gasteiger partial charge in [-0.2, -0.15) is 0 Å². The number of hydrogen-bond donors (Lipinski definition) is 1. The molecule has 1 aliphatic carbocycles. The third-order valence-electron chi connectivity index (χ3n) is 4.07. The summed E-state index contributed by atoms with van der Waals surface area (Å²) in [7, 11) is 0. The fourth-order valence-corrected chi connectivity index (χ4v) is 2.90. The second-order valence-corrected chi connectivity index (χ2v) is 5.75. The Kier molecular flexibility index (Phi) is 3.01. The van der Waals surface area contributed by atoms with Crippen molar-refractivity contribution in [3.05, 3.63) is 0 Å². The summed E-state index contributed by atoms with van der Waals surface area (Å²) in [6.07, 6.45) is 4.53. The molecule has 3 fully saturated rings. The highest BCUT2D eigenvalue weighted by atomic mass is 16.5. The molecule has 5 nitrogen and oxygen atoms in total. The van der Waals surface area contributed by atoms with Crippen LogP contribution in [-0.4, -0.2) is 48.1 Å². The Labute approximate surface area is 107 Å². The second-order valence-electron chi connectivity index (χ2n) is 5.75. The van der Waals surface area contributed by atoms with Gasteiger partial charge in [-0.15, -0.1) is 0 Å². The lowest BCUT2D eigenvalue weighted by Gasteiger charge is -2.34. The van der Waals surface area contributed by atoms with Crippen molar-refractivity contribution < 1.29 is 14.3 Å². The van der Waals surface area contributed by atoms with E-state index < -0.39 is 0 Å². The van der Waals surface area contributed by atoms with E-state index in [0.29, 0.717) is 12.5 Å². The van der Waals surface area contributed by atoms with E-state index in [-0.39, 0.29) is 36.6 Å². The van der Waals surface area contributed by atoms with Crippen molar-refractivity contribution >= 4 is 11.8 Å². The molecule has 2 aliphatic heterocycles. The van der Waals surface area contributed by atoms with Gasteiger partial charge >= 0.3 is 0 Å². The lowest BCUT2D eigenvalue weighted by atomic mass is 10.1. The summed E-state index contributed by atoms with van der Waals surface area (Å²) in [5.74, 6) is 0.422. The van der Waals surface area contributed by atoms with Crippen LogP contribution in [0.25, 0.3) is 0 Å². The van der Waals surface area contributed by atoms with Crippen LogP contribution in [0.15, 0.2) is 0 Å². The Morgan fingerprint density at radius 1 is 1.28 bits per heavy atom. The fraction of sp³-hybridized carbons (Fsp3) is 0.846. The summed E-state index contributed by atoms with van der Waals surface area (Å²) >= 11 is 0. The number of rotatable bonds is 3. The number of hydrogen-bond acceptors (Lipinski definition) is 3. The molecule has 3 atom stereocenters. The predicted molar refractivity (Wildman–Crippen MR) is 64.8 cm³/mol. The van der Waals surface area contributed by atoms with Crippen LogP contribution < -0.4 is 5.32 Å². The standard InChI is InChI=1S/C13H20N2O3/c1-8-2-5-10(18-8)6-15-7-11(16)14-12(13(15)17)9-3-4-9/h8-10,12H,2-7H2,1H3,(H,14,16). The van der Waals surface area contributed by atoms with Crippen LogP contribution in [0.3, 0.4) is 0 Å². The van der Waals surface area contributed by atoms with Crippen LogP contribution in [0.2, 0.25) is 0 Å². The number of nitrogens with one attached hydrogen (secondary N) is 1. The van der Waals surface area contributed by atoms with E-state index in [1.807, 2.05) is 0 Å². The van der Waals surface area contributed by atoms with E-state index in [2.05, 4.69) is 12.2 Å². The van der Waals surface area contributed by atoms with E-state index >= 15 is 0 Å². The Balaban J connectivity index is 1.63. The Morgan fingerprint density at radius 3 is 2.67 bits per heavy atom. The normalized spacial score (nSPS) is 36.9. The average Bonchev–Trinajstić information content (AvgIpc) is 3.08. The topological polar surface area (TPSA) is 58.6 Å². The van der Waals surface area contributed by atoms with Crippen molar-refractivity contribution in [1.82, 2.24) is 10.2 Å². The number of amides is 2. The highest BCUT2D eigenvalue weighted by Gasteiger charge is 2.43. The zero-order chi connectivity index (χ0) is 12.7. The molecule has 3 unspecified atom stereocenters. The fourth-order valence-electron chi connectivity index (χ4n) is 2.90. The van der Waals surface area contributed by atoms with Crippen LogP contribution >= 0.6 is 0 Å². The molecule has 0 radical (unpaired) electrons. The molecule has 0 aromatic heterocycles. The van der Waals surface area contributed by atoms with Crippen LogP contribution in [0.1, 0.15) is 32.6 Å². The van der Waals surface area contributed by atoms with Crippen molar-refractivity contribution in [2.24, 2.45) is 5.92 Å². The van der Waals surface area contributed by atoms with Gasteiger partial charge in [0.25, 0.3) is 0 Å². The number of carbonyl (C=O) groups excluding carboxylic acids is 2. The quantitative estimate of drug-likeness (QED) is 0.785. The Hall–Kier alpha value is -1.10. The van der Waals surface area contributed by atoms with Gasteiger partial charge in [0.05, 0.1) is 18.8 Å². The Morgan fingerprint density at radius 2 is 2.06 bits per heavy atom. The van der Waals surface area contributed by atoms with Crippen molar-refractivity contribution in [2.75, 3.05) is 13.1 Å². The van der Waals surface area contributed by atoms with Crippen LogP contribution in [0.4, 0.5) is 0 Å². The predicted octanol–water partition coefficient (Wildman–Crippen LogP) is 0.291. The maximum atomic E-state index is 12.3. The highest BCUT2D eigenvalue weighted by molar-refractivity contribution is 5.95. The average molecular weight is 252 g/mol. The van der Waals surface area contributed by atoms with Gasteiger partial charge in [0, 0.05) is 6.54 Å². The molecule has 18 heavy (non-hydrogen) atoms. The minimum Gasteiger partial charge on any atom is -0.373 e. The summed E-state index contributed by atoms with van der Waals surface area (Å²) in [6, 6.07) is -0.273. The van der Waals surface area contributed by atoms with Gasteiger partial charge in [-0.1, -0.05) is 0 Å². The van der Waals surface area contributed by atoms with E-state index in [1.54, 1.807) is 4.90 Å². The third-order valence-corrected chi connectivity index (χ3v) is 4.07. The number of carbonyl (C=O) groups is 2. The van der Waals surface area contributed by atoms with Gasteiger partial charge in [0.1, 0.15) is 6.04 Å². The molecule has 0 spiro atoms. The molecule has 1 saturated carbocycles. The lowest BCUT2D eigenvalue weighted by Crippen LogP contribution is -2.60. The van der Waals surface area contributed by atoms with Crippen molar-refractivity contribution in [3.8, 4) is 0 Å². The maximum Gasteiger partial charge on any atom is 0.245 e. The molecule has 0 aromatic carbocycles. The third kappa shape index (κ3) is 2.36. The SMILES string of the molecule is CC1CCC(CN2CC(=O)NC(C3CC3)C2=O)O1.